The number of Topliss-reactive ketones (excluding diaryl/α,β-unsaturated/α-hetero) is 1. The molecule has 5 nitrogen and oxygen atoms in total. The van der Waals surface area contributed by atoms with Crippen molar-refractivity contribution in [2.24, 2.45) is 0 Å². The molecule has 4 rings (SSSR count). The standard InChI is InChI=1S/C24H28N2O3S/c1-29-15-9-8-14-20(27)21-22-23(19-12-6-3-7-13-19)30-17-26(22)24(28)25(21)16-18-10-4-2-5-11-18/h2-7,10-13,21-23H,8-9,14-17H2,1H3. The van der Waals surface area contributed by atoms with Crippen molar-refractivity contribution in [1.82, 2.24) is 9.80 Å². The molecule has 2 aliphatic rings. The van der Waals surface area contributed by atoms with Gasteiger partial charge in [0.15, 0.2) is 5.78 Å². The predicted molar refractivity (Wildman–Crippen MR) is 119 cm³/mol. The molecule has 0 spiro atoms. The second-order valence-corrected chi connectivity index (χ2v) is 8.94. The molecule has 0 bridgehead atoms. The summed E-state index contributed by atoms with van der Waals surface area (Å²) in [5, 5.41) is 0.115. The average molecular weight is 425 g/mol. The molecule has 0 radical (unpaired) electrons. The second kappa shape index (κ2) is 9.67. The summed E-state index contributed by atoms with van der Waals surface area (Å²) >= 11 is 1.76. The molecular formula is C24H28N2O3S. The van der Waals surface area contributed by atoms with E-state index in [0.717, 1.165) is 18.4 Å². The lowest BCUT2D eigenvalue weighted by atomic mass is 9.93. The van der Waals surface area contributed by atoms with Gasteiger partial charge in [0, 0.05) is 26.7 Å². The Balaban J connectivity index is 1.61. The quantitative estimate of drug-likeness (QED) is 0.557. The minimum atomic E-state index is -0.416. The highest BCUT2D eigenvalue weighted by Gasteiger charge is 2.55. The molecule has 158 valence electrons. The number of hydrogen-bond donors (Lipinski definition) is 0. The number of nitrogens with zero attached hydrogens (tertiary/aromatic N) is 2. The number of ether oxygens (including phenoxy) is 1. The Morgan fingerprint density at radius 3 is 2.47 bits per heavy atom. The van der Waals surface area contributed by atoms with E-state index in [0.29, 0.717) is 25.4 Å². The average Bonchev–Trinajstić information content (AvgIpc) is 3.32. The Morgan fingerprint density at radius 1 is 1.07 bits per heavy atom. The summed E-state index contributed by atoms with van der Waals surface area (Å²) in [6.07, 6.45) is 2.11. The van der Waals surface area contributed by atoms with Gasteiger partial charge in [-0.2, -0.15) is 0 Å². The van der Waals surface area contributed by atoms with Gasteiger partial charge < -0.3 is 14.5 Å². The summed E-state index contributed by atoms with van der Waals surface area (Å²) in [5.74, 6) is 0.785. The maximum Gasteiger partial charge on any atom is 0.322 e. The van der Waals surface area contributed by atoms with Crippen molar-refractivity contribution >= 4 is 23.6 Å². The number of ketones is 1. The monoisotopic (exact) mass is 424 g/mol. The van der Waals surface area contributed by atoms with Crippen LogP contribution in [-0.2, 0) is 16.1 Å². The van der Waals surface area contributed by atoms with E-state index in [1.165, 1.54) is 5.56 Å². The predicted octanol–water partition coefficient (Wildman–Crippen LogP) is 4.49. The third-order valence-electron chi connectivity index (χ3n) is 5.89. The maximum atomic E-state index is 13.4. The van der Waals surface area contributed by atoms with Gasteiger partial charge in [0.05, 0.1) is 17.2 Å². The maximum absolute atomic E-state index is 13.4. The van der Waals surface area contributed by atoms with Crippen LogP contribution in [0.1, 0.15) is 35.6 Å². The SMILES string of the molecule is COCCCCC(=O)C1C2C(c3ccccc3)SCN2C(=O)N1Cc1ccccc1. The highest BCUT2D eigenvalue weighted by molar-refractivity contribution is 7.99. The van der Waals surface area contributed by atoms with Gasteiger partial charge in [-0.1, -0.05) is 60.7 Å². The molecule has 0 saturated carbocycles. The number of hydrogen-bond acceptors (Lipinski definition) is 4. The van der Waals surface area contributed by atoms with E-state index in [2.05, 4.69) is 12.1 Å². The molecule has 2 amide bonds. The van der Waals surface area contributed by atoms with Gasteiger partial charge >= 0.3 is 6.03 Å². The number of urea groups is 1. The van der Waals surface area contributed by atoms with Crippen LogP contribution >= 0.6 is 11.8 Å². The van der Waals surface area contributed by atoms with Gasteiger partial charge in [0.25, 0.3) is 0 Å². The molecule has 2 saturated heterocycles. The van der Waals surface area contributed by atoms with Crippen LogP contribution in [-0.4, -0.2) is 53.3 Å². The van der Waals surface area contributed by atoms with E-state index >= 15 is 0 Å². The topological polar surface area (TPSA) is 49.9 Å². The molecule has 0 aliphatic carbocycles. The van der Waals surface area contributed by atoms with Crippen molar-refractivity contribution in [2.45, 2.75) is 43.1 Å². The largest absolute Gasteiger partial charge is 0.385 e. The van der Waals surface area contributed by atoms with Crippen molar-refractivity contribution in [3.63, 3.8) is 0 Å². The number of carbonyl (C=O) groups excluding carboxylic acids is 2. The Bertz CT molecular complexity index is 861. The number of amides is 2. The van der Waals surface area contributed by atoms with E-state index in [1.54, 1.807) is 23.8 Å². The van der Waals surface area contributed by atoms with Crippen LogP contribution in [0, 0.1) is 0 Å². The fraction of sp³-hybridized carbons (Fsp3) is 0.417. The minimum Gasteiger partial charge on any atom is -0.385 e. The zero-order valence-electron chi connectivity index (χ0n) is 17.3. The number of rotatable bonds is 9. The highest BCUT2D eigenvalue weighted by atomic mass is 32.2. The summed E-state index contributed by atoms with van der Waals surface area (Å²) in [4.78, 5) is 30.4. The molecule has 2 aromatic rings. The van der Waals surface area contributed by atoms with Gasteiger partial charge in [0.2, 0.25) is 0 Å². The first-order valence-electron chi connectivity index (χ1n) is 10.5. The highest BCUT2D eigenvalue weighted by Crippen LogP contribution is 2.48. The van der Waals surface area contributed by atoms with Crippen molar-refractivity contribution in [2.75, 3.05) is 19.6 Å². The normalized spacial score (nSPS) is 23.1. The number of benzene rings is 2. The van der Waals surface area contributed by atoms with Crippen molar-refractivity contribution in [3.05, 3.63) is 71.8 Å². The lowest BCUT2D eigenvalue weighted by molar-refractivity contribution is -0.123. The molecule has 30 heavy (non-hydrogen) atoms. The smallest absolute Gasteiger partial charge is 0.322 e. The molecular weight excluding hydrogens is 396 g/mol. The molecule has 0 N–H and O–H groups in total. The number of methoxy groups -OCH3 is 1. The summed E-state index contributed by atoms with van der Waals surface area (Å²) in [7, 11) is 1.68. The molecule has 2 heterocycles. The Hall–Kier alpha value is -2.31. The first-order chi connectivity index (χ1) is 14.7. The first-order valence-corrected chi connectivity index (χ1v) is 11.5. The van der Waals surface area contributed by atoms with Crippen LogP contribution < -0.4 is 0 Å². The lowest BCUT2D eigenvalue weighted by Crippen LogP contribution is -2.44. The number of fused-ring (bicyclic) bond motifs is 1. The first kappa shape index (κ1) is 20.9. The summed E-state index contributed by atoms with van der Waals surface area (Å²) < 4.78 is 5.12. The molecule has 3 atom stereocenters. The van der Waals surface area contributed by atoms with Crippen LogP contribution in [0.5, 0.6) is 0 Å². The fourth-order valence-corrected chi connectivity index (χ4v) is 5.88. The number of unbranched alkanes of at least 4 members (excludes halogenated alkanes) is 1. The number of thioether (sulfide) groups is 1. The van der Waals surface area contributed by atoms with Gasteiger partial charge in [-0.25, -0.2) is 4.79 Å². The summed E-state index contributed by atoms with van der Waals surface area (Å²) in [6, 6.07) is 19.6. The zero-order chi connectivity index (χ0) is 20.9. The van der Waals surface area contributed by atoms with E-state index in [-0.39, 0.29) is 23.1 Å². The van der Waals surface area contributed by atoms with Gasteiger partial charge in [-0.05, 0) is 24.0 Å². The van der Waals surface area contributed by atoms with Crippen LogP contribution in [0.15, 0.2) is 60.7 Å². The molecule has 2 aromatic carbocycles. The third kappa shape index (κ3) is 4.25. The van der Waals surface area contributed by atoms with E-state index in [4.69, 9.17) is 4.74 Å². The van der Waals surface area contributed by atoms with E-state index < -0.39 is 6.04 Å². The van der Waals surface area contributed by atoms with Crippen molar-refractivity contribution in [3.8, 4) is 0 Å². The Labute approximate surface area is 182 Å². The molecule has 0 aromatic heterocycles. The van der Waals surface area contributed by atoms with Crippen LogP contribution in [0.2, 0.25) is 0 Å². The minimum absolute atomic E-state index is 0.0231. The van der Waals surface area contributed by atoms with E-state index in [1.807, 2.05) is 53.4 Å². The summed E-state index contributed by atoms with van der Waals surface area (Å²) in [5.41, 5.74) is 2.23. The van der Waals surface area contributed by atoms with Crippen LogP contribution in [0.4, 0.5) is 4.79 Å². The Kier molecular flexibility index (Phi) is 6.75. The number of carbonyl (C=O) groups is 2. The summed E-state index contributed by atoms with van der Waals surface area (Å²) in [6.45, 7) is 1.12. The molecule has 2 fully saturated rings. The van der Waals surface area contributed by atoms with Crippen LogP contribution in [0.3, 0.4) is 0 Å². The van der Waals surface area contributed by atoms with Crippen LogP contribution in [0.25, 0.3) is 0 Å². The van der Waals surface area contributed by atoms with Gasteiger partial charge in [0.1, 0.15) is 6.04 Å². The zero-order valence-corrected chi connectivity index (χ0v) is 18.1. The Morgan fingerprint density at radius 2 is 1.77 bits per heavy atom. The second-order valence-electron chi connectivity index (χ2n) is 7.84. The molecule has 2 aliphatic heterocycles. The lowest BCUT2D eigenvalue weighted by Gasteiger charge is -2.28. The van der Waals surface area contributed by atoms with Crippen molar-refractivity contribution < 1.29 is 14.3 Å². The van der Waals surface area contributed by atoms with Gasteiger partial charge in [-0.3, -0.25) is 4.79 Å². The van der Waals surface area contributed by atoms with E-state index in [9.17, 15) is 9.59 Å². The van der Waals surface area contributed by atoms with Crippen molar-refractivity contribution in [1.29, 1.82) is 0 Å². The fourth-order valence-electron chi connectivity index (χ4n) is 4.44. The molecule has 3 unspecified atom stereocenters. The van der Waals surface area contributed by atoms with Gasteiger partial charge in [-0.15, -0.1) is 11.8 Å². The third-order valence-corrected chi connectivity index (χ3v) is 7.23. The molecule has 6 heteroatoms.